The van der Waals surface area contributed by atoms with Crippen LogP contribution in [-0.4, -0.2) is 12.5 Å². The quantitative estimate of drug-likeness (QED) is 0.676. The van der Waals surface area contributed by atoms with E-state index in [2.05, 4.69) is 0 Å². The second-order valence-electron chi connectivity index (χ2n) is 4.03. The average Bonchev–Trinajstić information content (AvgIpc) is 2.25. The highest BCUT2D eigenvalue weighted by molar-refractivity contribution is 5.55. The molecule has 2 atom stereocenters. The Morgan fingerprint density at radius 3 is 2.75 bits per heavy atom. The molecule has 0 radical (unpaired) electrons. The van der Waals surface area contributed by atoms with Crippen molar-refractivity contribution in [3.8, 4) is 0 Å². The van der Waals surface area contributed by atoms with Crippen molar-refractivity contribution in [1.82, 2.24) is 0 Å². The molecule has 1 rings (SSSR count). The Labute approximate surface area is 93.0 Å². The van der Waals surface area contributed by atoms with Crippen LogP contribution in [0.4, 0.5) is 13.2 Å². The Balaban J connectivity index is 2.72. The SMILES string of the molecule is CCCC(C=O)C1C=CC=C(C(F)(F)F)C1. The third-order valence-corrected chi connectivity index (χ3v) is 2.82. The van der Waals surface area contributed by atoms with Gasteiger partial charge in [0.15, 0.2) is 0 Å². The normalized spacial score (nSPS) is 22.8. The van der Waals surface area contributed by atoms with Crippen LogP contribution < -0.4 is 0 Å². The van der Waals surface area contributed by atoms with Crippen LogP contribution in [0.3, 0.4) is 0 Å². The van der Waals surface area contributed by atoms with E-state index in [9.17, 15) is 18.0 Å². The molecule has 90 valence electrons. The molecule has 1 nitrogen and oxygen atoms in total. The summed E-state index contributed by atoms with van der Waals surface area (Å²) in [5, 5.41) is 0. The molecule has 0 saturated heterocycles. The Bertz CT molecular complexity index is 302. The first-order valence-corrected chi connectivity index (χ1v) is 5.39. The molecule has 2 unspecified atom stereocenters. The molecule has 1 aliphatic carbocycles. The van der Waals surface area contributed by atoms with Gasteiger partial charge in [-0.2, -0.15) is 13.2 Å². The van der Waals surface area contributed by atoms with Gasteiger partial charge in [0, 0.05) is 11.5 Å². The molecular formula is C12H15F3O. The maximum Gasteiger partial charge on any atom is 0.412 e. The maximum absolute atomic E-state index is 12.5. The van der Waals surface area contributed by atoms with E-state index in [1.807, 2.05) is 6.92 Å². The van der Waals surface area contributed by atoms with E-state index in [-0.39, 0.29) is 18.3 Å². The second-order valence-corrected chi connectivity index (χ2v) is 4.03. The van der Waals surface area contributed by atoms with Crippen LogP contribution in [0.25, 0.3) is 0 Å². The molecular weight excluding hydrogens is 217 g/mol. The molecule has 0 aromatic rings. The summed E-state index contributed by atoms with van der Waals surface area (Å²) in [5.41, 5.74) is -0.539. The summed E-state index contributed by atoms with van der Waals surface area (Å²) in [6.07, 6.45) is 2.06. The minimum Gasteiger partial charge on any atom is -0.303 e. The van der Waals surface area contributed by atoms with E-state index >= 15 is 0 Å². The number of allylic oxidation sites excluding steroid dienone is 4. The lowest BCUT2D eigenvalue weighted by Crippen LogP contribution is -2.22. The summed E-state index contributed by atoms with van der Waals surface area (Å²) >= 11 is 0. The van der Waals surface area contributed by atoms with Crippen molar-refractivity contribution in [2.45, 2.75) is 32.4 Å². The predicted molar refractivity (Wildman–Crippen MR) is 55.8 cm³/mol. The molecule has 0 aromatic carbocycles. The highest BCUT2D eigenvalue weighted by Gasteiger charge is 2.36. The molecule has 0 amide bonds. The fourth-order valence-corrected chi connectivity index (χ4v) is 1.93. The summed E-state index contributed by atoms with van der Waals surface area (Å²) in [6.45, 7) is 1.92. The lowest BCUT2D eigenvalue weighted by molar-refractivity contribution is -0.113. The average molecular weight is 232 g/mol. The van der Waals surface area contributed by atoms with Gasteiger partial charge in [-0.15, -0.1) is 0 Å². The first-order chi connectivity index (χ1) is 7.49. The minimum absolute atomic E-state index is 0.0800. The number of alkyl halides is 3. The first kappa shape index (κ1) is 13.0. The number of rotatable bonds is 4. The van der Waals surface area contributed by atoms with Gasteiger partial charge in [-0.25, -0.2) is 0 Å². The summed E-state index contributed by atoms with van der Waals surface area (Å²) in [5.74, 6) is -0.605. The van der Waals surface area contributed by atoms with E-state index in [1.165, 1.54) is 6.08 Å². The van der Waals surface area contributed by atoms with Crippen LogP contribution in [0.1, 0.15) is 26.2 Å². The predicted octanol–water partition coefficient (Wildman–Crippen LogP) is 3.67. The summed E-state index contributed by atoms with van der Waals surface area (Å²) in [6, 6.07) is 0. The van der Waals surface area contributed by atoms with Crippen molar-refractivity contribution >= 4 is 6.29 Å². The van der Waals surface area contributed by atoms with E-state index in [0.717, 1.165) is 18.8 Å². The van der Waals surface area contributed by atoms with Crippen LogP contribution in [0, 0.1) is 11.8 Å². The molecule has 1 aliphatic rings. The van der Waals surface area contributed by atoms with Crippen LogP contribution in [0.2, 0.25) is 0 Å². The van der Waals surface area contributed by atoms with Crippen LogP contribution in [0.15, 0.2) is 23.8 Å². The molecule has 0 saturated carbocycles. The van der Waals surface area contributed by atoms with Crippen molar-refractivity contribution in [1.29, 1.82) is 0 Å². The Kier molecular flexibility index (Phi) is 4.33. The number of carbonyl (C=O) groups excluding carboxylic acids is 1. The molecule has 0 bridgehead atoms. The van der Waals surface area contributed by atoms with E-state index < -0.39 is 11.7 Å². The number of aldehydes is 1. The maximum atomic E-state index is 12.5. The highest BCUT2D eigenvalue weighted by Crippen LogP contribution is 2.36. The molecule has 0 aromatic heterocycles. The van der Waals surface area contributed by atoms with Crippen LogP contribution >= 0.6 is 0 Å². The zero-order valence-corrected chi connectivity index (χ0v) is 9.13. The van der Waals surface area contributed by atoms with Gasteiger partial charge in [0.05, 0.1) is 0 Å². The van der Waals surface area contributed by atoms with Gasteiger partial charge in [-0.3, -0.25) is 0 Å². The smallest absolute Gasteiger partial charge is 0.303 e. The van der Waals surface area contributed by atoms with Gasteiger partial charge < -0.3 is 4.79 Å². The fourth-order valence-electron chi connectivity index (χ4n) is 1.93. The van der Waals surface area contributed by atoms with Crippen molar-refractivity contribution < 1.29 is 18.0 Å². The summed E-state index contributed by atoms with van der Waals surface area (Å²) < 4.78 is 37.4. The third kappa shape index (κ3) is 3.22. The van der Waals surface area contributed by atoms with Crippen molar-refractivity contribution in [2.24, 2.45) is 11.8 Å². The van der Waals surface area contributed by atoms with E-state index in [4.69, 9.17) is 0 Å². The molecule has 16 heavy (non-hydrogen) atoms. The van der Waals surface area contributed by atoms with Gasteiger partial charge in [-0.1, -0.05) is 31.6 Å². The molecule has 0 fully saturated rings. The van der Waals surface area contributed by atoms with Crippen molar-refractivity contribution in [2.75, 3.05) is 0 Å². The van der Waals surface area contributed by atoms with Crippen LogP contribution in [0.5, 0.6) is 0 Å². The zero-order chi connectivity index (χ0) is 12.2. The molecule has 0 aliphatic heterocycles. The minimum atomic E-state index is -4.28. The molecule has 0 heterocycles. The molecule has 0 spiro atoms. The van der Waals surface area contributed by atoms with Crippen molar-refractivity contribution in [3.63, 3.8) is 0 Å². The van der Waals surface area contributed by atoms with Gasteiger partial charge in [0.1, 0.15) is 6.29 Å². The number of hydrogen-bond acceptors (Lipinski definition) is 1. The third-order valence-electron chi connectivity index (χ3n) is 2.82. The molecule has 0 N–H and O–H groups in total. The second kappa shape index (κ2) is 5.32. The first-order valence-electron chi connectivity index (χ1n) is 5.39. The topological polar surface area (TPSA) is 17.1 Å². The highest BCUT2D eigenvalue weighted by atomic mass is 19.4. The van der Waals surface area contributed by atoms with Gasteiger partial charge >= 0.3 is 6.18 Å². The zero-order valence-electron chi connectivity index (χ0n) is 9.13. The van der Waals surface area contributed by atoms with Gasteiger partial charge in [0.25, 0.3) is 0 Å². The summed E-state index contributed by atoms with van der Waals surface area (Å²) in [4.78, 5) is 10.8. The number of hydrogen-bond donors (Lipinski definition) is 0. The molecule has 4 heteroatoms. The summed E-state index contributed by atoms with van der Waals surface area (Å²) in [7, 11) is 0. The van der Waals surface area contributed by atoms with Crippen LogP contribution in [-0.2, 0) is 4.79 Å². The van der Waals surface area contributed by atoms with E-state index in [1.54, 1.807) is 6.08 Å². The number of carbonyl (C=O) groups is 1. The van der Waals surface area contributed by atoms with Gasteiger partial charge in [-0.05, 0) is 18.8 Å². The Morgan fingerprint density at radius 1 is 1.56 bits per heavy atom. The Morgan fingerprint density at radius 2 is 2.25 bits per heavy atom. The number of halogens is 3. The standard InChI is InChI=1S/C12H15F3O/c1-2-4-10(8-16)9-5-3-6-11(7-9)12(13,14)15/h3,5-6,8-10H,2,4,7H2,1H3. The fraction of sp³-hybridized carbons (Fsp3) is 0.583. The van der Waals surface area contributed by atoms with Crippen molar-refractivity contribution in [3.05, 3.63) is 23.8 Å². The lowest BCUT2D eigenvalue weighted by atomic mass is 9.82. The Hall–Kier alpha value is -1.06. The van der Waals surface area contributed by atoms with E-state index in [0.29, 0.717) is 6.42 Å². The lowest BCUT2D eigenvalue weighted by Gasteiger charge is -2.24. The largest absolute Gasteiger partial charge is 0.412 e. The van der Waals surface area contributed by atoms with Gasteiger partial charge in [0.2, 0.25) is 0 Å². The monoisotopic (exact) mass is 232 g/mol.